The molecule has 3 aromatic carbocycles. The van der Waals surface area contributed by atoms with E-state index in [4.69, 9.17) is 9.47 Å². The van der Waals surface area contributed by atoms with Crippen molar-refractivity contribution in [3.05, 3.63) is 89.5 Å². The summed E-state index contributed by atoms with van der Waals surface area (Å²) in [5, 5.41) is 2.89. The topological polar surface area (TPSA) is 84.9 Å². The maximum Gasteiger partial charge on any atom is 0.258 e. The van der Waals surface area contributed by atoms with Gasteiger partial charge in [0.05, 0.1) is 31.6 Å². The Morgan fingerprint density at radius 3 is 2.26 bits per heavy atom. The Kier molecular flexibility index (Phi) is 8.17. The van der Waals surface area contributed by atoms with Gasteiger partial charge in [-0.3, -0.25) is 9.10 Å². The summed E-state index contributed by atoms with van der Waals surface area (Å²) in [6, 6.07) is 21.6. The second kappa shape index (κ2) is 11.1. The molecule has 8 heteroatoms. The summed E-state index contributed by atoms with van der Waals surface area (Å²) in [5.41, 5.74) is 3.39. The summed E-state index contributed by atoms with van der Waals surface area (Å²) < 4.78 is 37.1. The number of carbonyl (C=O) groups excluding carboxylic acids is 1. The number of amides is 1. The highest BCUT2D eigenvalue weighted by atomic mass is 32.2. The van der Waals surface area contributed by atoms with Crippen LogP contribution in [-0.2, 0) is 21.4 Å². The van der Waals surface area contributed by atoms with Gasteiger partial charge in [-0.1, -0.05) is 48.0 Å². The van der Waals surface area contributed by atoms with E-state index >= 15 is 0 Å². The van der Waals surface area contributed by atoms with E-state index in [2.05, 4.69) is 5.32 Å². The highest BCUT2D eigenvalue weighted by Gasteiger charge is 2.18. The number of ether oxygens (including phenoxy) is 2. The minimum atomic E-state index is -3.49. The van der Waals surface area contributed by atoms with Crippen molar-refractivity contribution in [2.45, 2.75) is 26.4 Å². The van der Waals surface area contributed by atoms with Gasteiger partial charge in [0.15, 0.2) is 6.61 Å². The van der Waals surface area contributed by atoms with Gasteiger partial charge in [-0.2, -0.15) is 0 Å². The molecule has 34 heavy (non-hydrogen) atoms. The van der Waals surface area contributed by atoms with Crippen molar-refractivity contribution in [3.63, 3.8) is 0 Å². The second-order valence-electron chi connectivity index (χ2n) is 8.07. The van der Waals surface area contributed by atoms with E-state index in [9.17, 15) is 13.2 Å². The number of hydrogen-bond donors (Lipinski definition) is 1. The van der Waals surface area contributed by atoms with E-state index in [1.807, 2.05) is 62.4 Å². The molecule has 0 spiro atoms. The molecule has 7 nitrogen and oxygen atoms in total. The Hall–Kier alpha value is -3.52. The molecule has 3 aromatic rings. The van der Waals surface area contributed by atoms with Crippen LogP contribution in [0, 0.1) is 6.92 Å². The number of anilines is 1. The van der Waals surface area contributed by atoms with Crippen LogP contribution in [0.2, 0.25) is 0 Å². The molecule has 0 heterocycles. The van der Waals surface area contributed by atoms with Gasteiger partial charge in [-0.05, 0) is 49.7 Å². The predicted molar refractivity (Wildman–Crippen MR) is 134 cm³/mol. The number of benzene rings is 3. The maximum absolute atomic E-state index is 12.4. The molecule has 0 unspecified atom stereocenters. The molecule has 0 aromatic heterocycles. The highest BCUT2D eigenvalue weighted by Crippen LogP contribution is 2.25. The average molecular weight is 483 g/mol. The lowest BCUT2D eigenvalue weighted by Crippen LogP contribution is -2.31. The number of hydrogen-bond acceptors (Lipinski definition) is 5. The molecule has 0 radical (unpaired) electrons. The third-order valence-corrected chi connectivity index (χ3v) is 6.47. The van der Waals surface area contributed by atoms with Gasteiger partial charge < -0.3 is 14.8 Å². The Balaban J connectivity index is 1.61. The molecule has 1 N–H and O–H groups in total. The van der Waals surface area contributed by atoms with Gasteiger partial charge in [0.2, 0.25) is 10.0 Å². The molecule has 0 bridgehead atoms. The number of carbonyl (C=O) groups is 1. The minimum absolute atomic E-state index is 0.169. The number of sulfonamides is 1. The first kappa shape index (κ1) is 25.1. The summed E-state index contributed by atoms with van der Waals surface area (Å²) in [6.45, 7) is 3.91. The number of nitrogens with zero attached hydrogens (tertiary/aromatic N) is 1. The normalized spacial score (nSPS) is 12.0. The number of methoxy groups -OCH3 is 1. The SMILES string of the molecule is COc1ccccc1[C@@H](C)NC(=O)COc1ccc(N(Cc2ccc(C)cc2)S(C)(=O)=O)cc1. The molecule has 0 saturated heterocycles. The van der Waals surface area contributed by atoms with E-state index in [0.29, 0.717) is 17.2 Å². The number of aryl methyl sites for hydroxylation is 1. The van der Waals surface area contributed by atoms with Crippen molar-refractivity contribution in [3.8, 4) is 11.5 Å². The standard InChI is InChI=1S/C26H30N2O5S/c1-19-9-11-21(12-10-19)17-28(34(4,30)31)22-13-15-23(16-14-22)33-18-26(29)27-20(2)24-7-5-6-8-25(24)32-3/h5-16,20H,17-18H2,1-4H3,(H,27,29)/t20-/m1/s1. The summed E-state index contributed by atoms with van der Waals surface area (Å²) in [5.74, 6) is 0.889. The molecular weight excluding hydrogens is 452 g/mol. The summed E-state index contributed by atoms with van der Waals surface area (Å²) in [7, 11) is -1.90. The quantitative estimate of drug-likeness (QED) is 0.468. The first-order valence-corrected chi connectivity index (χ1v) is 12.7. The molecule has 1 amide bonds. The van der Waals surface area contributed by atoms with Gasteiger partial charge in [-0.25, -0.2) is 8.42 Å². The Labute approximate surface area is 201 Å². The minimum Gasteiger partial charge on any atom is -0.496 e. The first-order chi connectivity index (χ1) is 16.2. The van der Waals surface area contributed by atoms with Crippen LogP contribution in [0.25, 0.3) is 0 Å². The number of nitrogens with one attached hydrogen (secondary N) is 1. The molecule has 0 saturated carbocycles. The summed E-state index contributed by atoms with van der Waals surface area (Å²) in [6.07, 6.45) is 1.18. The lowest BCUT2D eigenvalue weighted by Gasteiger charge is -2.23. The van der Waals surface area contributed by atoms with E-state index in [1.165, 1.54) is 10.6 Å². The Morgan fingerprint density at radius 1 is 1.00 bits per heavy atom. The van der Waals surface area contributed by atoms with Crippen molar-refractivity contribution in [2.75, 3.05) is 24.3 Å². The maximum atomic E-state index is 12.4. The number of rotatable bonds is 10. The van der Waals surface area contributed by atoms with Crippen molar-refractivity contribution < 1.29 is 22.7 Å². The lowest BCUT2D eigenvalue weighted by atomic mass is 10.1. The van der Waals surface area contributed by atoms with Crippen LogP contribution in [0.1, 0.15) is 29.7 Å². The fraction of sp³-hybridized carbons (Fsp3) is 0.269. The second-order valence-corrected chi connectivity index (χ2v) is 9.98. The van der Waals surface area contributed by atoms with E-state index < -0.39 is 10.0 Å². The van der Waals surface area contributed by atoms with Gasteiger partial charge in [0, 0.05) is 5.56 Å². The monoisotopic (exact) mass is 482 g/mol. The third kappa shape index (κ3) is 6.74. The van der Waals surface area contributed by atoms with Crippen LogP contribution in [0.3, 0.4) is 0 Å². The van der Waals surface area contributed by atoms with E-state index in [0.717, 1.165) is 16.7 Å². The highest BCUT2D eigenvalue weighted by molar-refractivity contribution is 7.92. The van der Waals surface area contributed by atoms with Gasteiger partial charge in [0.1, 0.15) is 11.5 Å². The zero-order valence-corrected chi connectivity index (χ0v) is 20.6. The van der Waals surface area contributed by atoms with Gasteiger partial charge >= 0.3 is 0 Å². The Bertz CT molecular complexity index is 1210. The van der Waals surface area contributed by atoms with Crippen LogP contribution >= 0.6 is 0 Å². The molecule has 0 aliphatic heterocycles. The van der Waals surface area contributed by atoms with Gasteiger partial charge in [0.25, 0.3) is 5.91 Å². The van der Waals surface area contributed by atoms with Crippen molar-refractivity contribution >= 4 is 21.6 Å². The smallest absolute Gasteiger partial charge is 0.258 e. The zero-order chi connectivity index (χ0) is 24.7. The molecule has 0 aliphatic carbocycles. The van der Waals surface area contributed by atoms with E-state index in [1.54, 1.807) is 31.4 Å². The van der Waals surface area contributed by atoms with E-state index in [-0.39, 0.29) is 25.1 Å². The Morgan fingerprint density at radius 2 is 1.65 bits per heavy atom. The van der Waals surface area contributed by atoms with Crippen molar-refractivity contribution in [1.82, 2.24) is 5.32 Å². The zero-order valence-electron chi connectivity index (χ0n) is 19.8. The fourth-order valence-corrected chi connectivity index (χ4v) is 4.39. The van der Waals surface area contributed by atoms with Crippen LogP contribution in [-0.4, -0.2) is 34.3 Å². The lowest BCUT2D eigenvalue weighted by molar-refractivity contribution is -0.123. The van der Waals surface area contributed by atoms with Crippen LogP contribution in [0.5, 0.6) is 11.5 Å². The molecule has 0 fully saturated rings. The van der Waals surface area contributed by atoms with Crippen LogP contribution < -0.4 is 19.1 Å². The van der Waals surface area contributed by atoms with Crippen LogP contribution in [0.4, 0.5) is 5.69 Å². The molecule has 3 rings (SSSR count). The largest absolute Gasteiger partial charge is 0.496 e. The van der Waals surface area contributed by atoms with Crippen LogP contribution in [0.15, 0.2) is 72.8 Å². The van der Waals surface area contributed by atoms with Gasteiger partial charge in [-0.15, -0.1) is 0 Å². The molecular formula is C26H30N2O5S. The fourth-order valence-electron chi connectivity index (χ4n) is 3.50. The molecule has 0 aliphatic rings. The third-order valence-electron chi connectivity index (χ3n) is 5.32. The molecule has 180 valence electrons. The average Bonchev–Trinajstić information content (AvgIpc) is 2.82. The first-order valence-electron chi connectivity index (χ1n) is 10.9. The van der Waals surface area contributed by atoms with Crippen molar-refractivity contribution in [1.29, 1.82) is 0 Å². The summed E-state index contributed by atoms with van der Waals surface area (Å²) in [4.78, 5) is 12.4. The summed E-state index contributed by atoms with van der Waals surface area (Å²) >= 11 is 0. The van der Waals surface area contributed by atoms with Crippen molar-refractivity contribution in [2.24, 2.45) is 0 Å². The molecule has 1 atom stereocenters. The number of para-hydroxylation sites is 1. The predicted octanol–water partition coefficient (Wildman–Crippen LogP) is 4.23.